The molecule has 0 amide bonds. The topological polar surface area (TPSA) is 35.5 Å². The number of hydrogen-bond acceptors (Lipinski definition) is 3. The van der Waals surface area contributed by atoms with Crippen molar-refractivity contribution in [3.8, 4) is 11.5 Å². The van der Waals surface area contributed by atoms with Crippen LogP contribution in [0.15, 0.2) is 16.6 Å². The molecule has 1 fully saturated rings. The fourth-order valence-corrected chi connectivity index (χ4v) is 4.57. The van der Waals surface area contributed by atoms with Crippen LogP contribution in [0, 0.1) is 0 Å². The summed E-state index contributed by atoms with van der Waals surface area (Å²) in [7, 11) is 3.48. The molecule has 20 heavy (non-hydrogen) atoms. The largest absolute Gasteiger partial charge is 0.496 e. The average Bonchev–Trinajstić information content (AvgIpc) is 2.47. The van der Waals surface area contributed by atoms with E-state index in [4.69, 9.17) is 9.47 Å². The van der Waals surface area contributed by atoms with Gasteiger partial charge in [0.15, 0.2) is 5.52 Å². The summed E-state index contributed by atoms with van der Waals surface area (Å²) in [6.45, 7) is 0. The number of rotatable bonds is 5. The molecule has 110 valence electrons. The van der Waals surface area contributed by atoms with Gasteiger partial charge in [-0.15, -0.1) is 0 Å². The number of carbonyl (C=O) groups excluding carboxylic acids is 1. The molecule has 1 saturated carbocycles. The average molecular weight is 359 g/mol. The maximum absolute atomic E-state index is 12.7. The molecule has 1 aliphatic rings. The summed E-state index contributed by atoms with van der Waals surface area (Å²) in [5.41, 5.74) is 1.25. The molecule has 5 heteroatoms. The second-order valence-corrected chi connectivity index (χ2v) is 7.38. The van der Waals surface area contributed by atoms with Crippen LogP contribution in [0.25, 0.3) is 0 Å². The molecule has 0 aromatic heterocycles. The van der Waals surface area contributed by atoms with Crippen LogP contribution in [0.1, 0.15) is 42.5 Å². The lowest BCUT2D eigenvalue weighted by Crippen LogP contribution is -2.10. The van der Waals surface area contributed by atoms with Gasteiger partial charge in [0.25, 0.3) is 0 Å². The minimum Gasteiger partial charge on any atom is -0.496 e. The van der Waals surface area contributed by atoms with Crippen molar-refractivity contribution in [1.29, 1.82) is 0 Å². The van der Waals surface area contributed by atoms with Crippen LogP contribution in [0.4, 0.5) is 0 Å². The smallest absolute Gasteiger partial charge is 0.188 e. The Balaban J connectivity index is 2.25. The molecular weight excluding hydrogens is 339 g/mol. The Morgan fingerprint density at radius 1 is 1.20 bits per heavy atom. The lowest BCUT2D eigenvalue weighted by molar-refractivity contribution is 0.107. The van der Waals surface area contributed by atoms with E-state index in [1.54, 1.807) is 14.2 Å². The highest BCUT2D eigenvalue weighted by atomic mass is 79.9. The van der Waals surface area contributed by atoms with Crippen LogP contribution in [0.5, 0.6) is 11.5 Å². The summed E-state index contributed by atoms with van der Waals surface area (Å²) in [4.78, 5) is 12.7. The normalized spacial score (nSPS) is 16.6. The number of halogens is 1. The molecule has 0 bridgehead atoms. The lowest BCUT2D eigenvalue weighted by Gasteiger charge is -2.21. The highest BCUT2D eigenvalue weighted by molar-refractivity contribution is 9.10. The van der Waals surface area contributed by atoms with Crippen molar-refractivity contribution >= 4 is 30.0 Å². The SMILES string of the molecule is COc1ccc(Br)c(OC)c1C(=O)PC1CCCCC1. The van der Waals surface area contributed by atoms with Gasteiger partial charge in [-0.05, 0) is 55.1 Å². The predicted molar refractivity (Wildman–Crippen MR) is 86.8 cm³/mol. The summed E-state index contributed by atoms with van der Waals surface area (Å²) in [5.74, 6) is 1.18. The molecule has 2 rings (SSSR count). The van der Waals surface area contributed by atoms with Gasteiger partial charge in [0.2, 0.25) is 0 Å². The van der Waals surface area contributed by atoms with Crippen molar-refractivity contribution in [2.45, 2.75) is 37.8 Å². The Morgan fingerprint density at radius 2 is 1.90 bits per heavy atom. The highest BCUT2D eigenvalue weighted by Gasteiger charge is 2.24. The highest BCUT2D eigenvalue weighted by Crippen LogP contribution is 2.42. The van der Waals surface area contributed by atoms with Crippen LogP contribution < -0.4 is 9.47 Å². The molecule has 1 atom stereocenters. The first-order valence-electron chi connectivity index (χ1n) is 6.88. The third-order valence-corrected chi connectivity index (χ3v) is 5.79. The van der Waals surface area contributed by atoms with Crippen LogP contribution in [0.2, 0.25) is 0 Å². The van der Waals surface area contributed by atoms with E-state index in [0.717, 1.165) is 4.47 Å². The molecule has 0 saturated heterocycles. The molecule has 0 radical (unpaired) electrons. The molecule has 0 heterocycles. The first-order chi connectivity index (χ1) is 9.67. The van der Waals surface area contributed by atoms with Crippen molar-refractivity contribution in [3.05, 3.63) is 22.2 Å². The zero-order chi connectivity index (χ0) is 14.5. The van der Waals surface area contributed by atoms with Crippen LogP contribution in [-0.4, -0.2) is 25.4 Å². The van der Waals surface area contributed by atoms with E-state index >= 15 is 0 Å². The van der Waals surface area contributed by atoms with Crippen LogP contribution in [-0.2, 0) is 0 Å². The summed E-state index contributed by atoms with van der Waals surface area (Å²) in [6, 6.07) is 3.66. The Hall–Kier alpha value is -0.600. The van der Waals surface area contributed by atoms with Gasteiger partial charge in [0, 0.05) is 0 Å². The predicted octanol–water partition coefficient (Wildman–Crippen LogP) is 4.62. The van der Waals surface area contributed by atoms with E-state index in [0.29, 0.717) is 31.3 Å². The van der Waals surface area contributed by atoms with Crippen LogP contribution >= 0.6 is 24.5 Å². The molecule has 0 spiro atoms. The Kier molecular flexibility index (Phi) is 5.86. The first kappa shape index (κ1) is 15.8. The summed E-state index contributed by atoms with van der Waals surface area (Å²) in [5, 5.41) is 0. The van der Waals surface area contributed by atoms with Gasteiger partial charge in [-0.2, -0.15) is 0 Å². The third kappa shape index (κ3) is 3.53. The quantitative estimate of drug-likeness (QED) is 0.720. The van der Waals surface area contributed by atoms with E-state index < -0.39 is 0 Å². The van der Waals surface area contributed by atoms with Gasteiger partial charge < -0.3 is 9.47 Å². The molecule has 1 aliphatic carbocycles. The van der Waals surface area contributed by atoms with Crippen molar-refractivity contribution in [3.63, 3.8) is 0 Å². The molecule has 1 aromatic rings. The van der Waals surface area contributed by atoms with Gasteiger partial charge in [-0.3, -0.25) is 4.79 Å². The van der Waals surface area contributed by atoms with Crippen molar-refractivity contribution in [1.82, 2.24) is 0 Å². The number of ether oxygens (including phenoxy) is 2. The maximum Gasteiger partial charge on any atom is 0.188 e. The molecule has 0 N–H and O–H groups in total. The number of benzene rings is 1. The van der Waals surface area contributed by atoms with Gasteiger partial charge >= 0.3 is 0 Å². The third-order valence-electron chi connectivity index (χ3n) is 3.66. The monoisotopic (exact) mass is 358 g/mol. The fourth-order valence-electron chi connectivity index (χ4n) is 2.63. The minimum atomic E-state index is 0.145. The summed E-state index contributed by atoms with van der Waals surface area (Å²) < 4.78 is 11.5. The summed E-state index contributed by atoms with van der Waals surface area (Å²) in [6.07, 6.45) is 6.14. The molecule has 1 unspecified atom stereocenters. The van der Waals surface area contributed by atoms with Gasteiger partial charge in [-0.1, -0.05) is 19.3 Å². The zero-order valence-corrected chi connectivity index (χ0v) is 14.5. The van der Waals surface area contributed by atoms with Crippen molar-refractivity contribution in [2.75, 3.05) is 14.2 Å². The second-order valence-electron chi connectivity index (χ2n) is 4.97. The molecular formula is C15H20BrO3P. The maximum atomic E-state index is 12.7. The Labute approximate surface area is 130 Å². The van der Waals surface area contributed by atoms with Crippen LogP contribution in [0.3, 0.4) is 0 Å². The van der Waals surface area contributed by atoms with E-state index in [2.05, 4.69) is 15.9 Å². The number of carbonyl (C=O) groups is 1. The second kappa shape index (κ2) is 7.42. The van der Waals surface area contributed by atoms with Crippen molar-refractivity contribution in [2.24, 2.45) is 0 Å². The Bertz CT molecular complexity index is 484. The molecule has 3 nitrogen and oxygen atoms in total. The van der Waals surface area contributed by atoms with Crippen molar-refractivity contribution < 1.29 is 14.3 Å². The molecule has 1 aromatic carbocycles. The van der Waals surface area contributed by atoms with Gasteiger partial charge in [0.05, 0.1) is 18.7 Å². The van der Waals surface area contributed by atoms with E-state index in [9.17, 15) is 4.79 Å². The molecule has 0 aliphatic heterocycles. The number of methoxy groups -OCH3 is 2. The van der Waals surface area contributed by atoms with E-state index in [1.165, 1.54) is 32.1 Å². The zero-order valence-electron chi connectivity index (χ0n) is 11.9. The number of hydrogen-bond donors (Lipinski definition) is 0. The van der Waals surface area contributed by atoms with Gasteiger partial charge in [0.1, 0.15) is 17.1 Å². The fraction of sp³-hybridized carbons (Fsp3) is 0.533. The lowest BCUT2D eigenvalue weighted by atomic mass is 10.0. The van der Waals surface area contributed by atoms with Gasteiger partial charge in [-0.25, -0.2) is 0 Å². The van der Waals surface area contributed by atoms with E-state index in [1.807, 2.05) is 12.1 Å². The Morgan fingerprint density at radius 3 is 2.50 bits per heavy atom. The minimum absolute atomic E-state index is 0.145. The standard InChI is InChI=1S/C15H20BrO3P/c1-18-12-9-8-11(16)14(19-2)13(12)15(17)20-10-6-4-3-5-7-10/h8-10,20H,3-7H2,1-2H3. The summed E-state index contributed by atoms with van der Waals surface area (Å²) >= 11 is 3.43. The first-order valence-corrected chi connectivity index (χ1v) is 8.75. The van der Waals surface area contributed by atoms with E-state index in [-0.39, 0.29) is 5.52 Å².